The number of hydrogen-bond donors (Lipinski definition) is 0. The molecule has 5 nitrogen and oxygen atoms in total. The summed E-state index contributed by atoms with van der Waals surface area (Å²) >= 11 is 0. The lowest BCUT2D eigenvalue weighted by Crippen LogP contribution is -2.37. The predicted molar refractivity (Wildman–Crippen MR) is 111 cm³/mol. The van der Waals surface area contributed by atoms with Crippen LogP contribution >= 0.6 is 0 Å². The maximum absolute atomic E-state index is 12.1. The number of ether oxygens (including phenoxy) is 1. The Kier molecular flexibility index (Phi) is 5.24. The molecule has 0 N–H and O–H groups in total. The van der Waals surface area contributed by atoms with Crippen molar-refractivity contribution < 1.29 is 9.53 Å². The molecule has 0 atom stereocenters. The molecule has 1 fully saturated rings. The molecule has 0 aliphatic carbocycles. The number of piperidine rings is 1. The van der Waals surface area contributed by atoms with E-state index in [-0.39, 0.29) is 11.9 Å². The number of fused-ring (bicyclic) bond motifs is 1. The van der Waals surface area contributed by atoms with Gasteiger partial charge >= 0.3 is 5.97 Å². The highest BCUT2D eigenvalue weighted by molar-refractivity contribution is 5.91. The van der Waals surface area contributed by atoms with E-state index in [4.69, 9.17) is 14.7 Å². The minimum atomic E-state index is -0.0739. The van der Waals surface area contributed by atoms with Crippen molar-refractivity contribution in [1.29, 1.82) is 0 Å². The van der Waals surface area contributed by atoms with E-state index in [0.29, 0.717) is 6.61 Å². The van der Waals surface area contributed by atoms with Crippen molar-refractivity contribution in [2.45, 2.75) is 26.7 Å². The van der Waals surface area contributed by atoms with E-state index in [1.807, 2.05) is 37.3 Å². The van der Waals surface area contributed by atoms with E-state index in [1.165, 1.54) is 5.56 Å². The number of hydrogen-bond acceptors (Lipinski definition) is 5. The number of rotatable bonds is 4. The average molecular weight is 375 g/mol. The number of anilines is 1. The predicted octanol–water partition coefficient (Wildman–Crippen LogP) is 4.38. The Bertz CT molecular complexity index is 994. The third-order valence-electron chi connectivity index (χ3n) is 5.27. The van der Waals surface area contributed by atoms with Crippen LogP contribution in [-0.2, 0) is 9.53 Å². The van der Waals surface area contributed by atoms with Crippen LogP contribution in [0.2, 0.25) is 0 Å². The summed E-state index contributed by atoms with van der Waals surface area (Å²) in [5, 5.41) is 1.05. The van der Waals surface area contributed by atoms with Gasteiger partial charge in [-0.3, -0.25) is 4.79 Å². The average Bonchev–Trinajstić information content (AvgIpc) is 2.73. The highest BCUT2D eigenvalue weighted by atomic mass is 16.5. The van der Waals surface area contributed by atoms with E-state index >= 15 is 0 Å². The van der Waals surface area contributed by atoms with Gasteiger partial charge in [0, 0.05) is 24.0 Å². The molecule has 2 heterocycles. The normalized spacial score (nSPS) is 15.0. The number of benzene rings is 2. The number of nitrogens with zero attached hydrogens (tertiary/aromatic N) is 3. The van der Waals surface area contributed by atoms with Crippen LogP contribution in [0.25, 0.3) is 22.3 Å². The molecule has 3 aromatic rings. The third kappa shape index (κ3) is 3.70. The number of para-hydroxylation sites is 1. The standard InChI is InChI=1S/C23H25N3O2/c1-3-28-23(27)17-11-13-26(14-12-17)22-19-9-4-5-10-20(19)24-21(25-22)18-8-6-7-16(2)15-18/h4-10,15,17H,3,11-14H2,1-2H3. The van der Waals surface area contributed by atoms with Gasteiger partial charge in [0.1, 0.15) is 5.82 Å². The lowest BCUT2D eigenvalue weighted by atomic mass is 9.97. The number of carbonyl (C=O) groups is 1. The van der Waals surface area contributed by atoms with E-state index in [1.54, 1.807) is 0 Å². The van der Waals surface area contributed by atoms with Crippen molar-refractivity contribution in [1.82, 2.24) is 9.97 Å². The number of aromatic nitrogens is 2. The van der Waals surface area contributed by atoms with Crippen molar-refractivity contribution in [3.8, 4) is 11.4 Å². The molecule has 1 aromatic heterocycles. The zero-order valence-electron chi connectivity index (χ0n) is 16.4. The second kappa shape index (κ2) is 7.97. The van der Waals surface area contributed by atoms with Gasteiger partial charge < -0.3 is 9.64 Å². The van der Waals surface area contributed by atoms with E-state index in [2.05, 4.69) is 30.0 Å². The van der Waals surface area contributed by atoms with Crippen LogP contribution in [0.5, 0.6) is 0 Å². The van der Waals surface area contributed by atoms with Gasteiger partial charge in [0.25, 0.3) is 0 Å². The van der Waals surface area contributed by atoms with Gasteiger partial charge in [-0.15, -0.1) is 0 Å². The van der Waals surface area contributed by atoms with Crippen LogP contribution in [0.4, 0.5) is 5.82 Å². The second-order valence-electron chi connectivity index (χ2n) is 7.27. The third-order valence-corrected chi connectivity index (χ3v) is 5.27. The molecule has 1 aliphatic rings. The summed E-state index contributed by atoms with van der Waals surface area (Å²) in [4.78, 5) is 24.1. The summed E-state index contributed by atoms with van der Waals surface area (Å²) in [6.45, 7) is 5.95. The highest BCUT2D eigenvalue weighted by Crippen LogP contribution is 2.31. The summed E-state index contributed by atoms with van der Waals surface area (Å²) in [6.07, 6.45) is 1.58. The molecule has 0 bridgehead atoms. The highest BCUT2D eigenvalue weighted by Gasteiger charge is 2.27. The minimum Gasteiger partial charge on any atom is -0.466 e. The van der Waals surface area contributed by atoms with Gasteiger partial charge in [-0.05, 0) is 44.9 Å². The smallest absolute Gasteiger partial charge is 0.309 e. The van der Waals surface area contributed by atoms with E-state index in [0.717, 1.165) is 54.0 Å². The van der Waals surface area contributed by atoms with Crippen LogP contribution in [0, 0.1) is 12.8 Å². The van der Waals surface area contributed by atoms with E-state index < -0.39 is 0 Å². The molecule has 5 heteroatoms. The molecule has 0 radical (unpaired) electrons. The maximum Gasteiger partial charge on any atom is 0.309 e. The molecule has 0 spiro atoms. The second-order valence-corrected chi connectivity index (χ2v) is 7.27. The zero-order chi connectivity index (χ0) is 19.5. The van der Waals surface area contributed by atoms with Gasteiger partial charge in [0.2, 0.25) is 0 Å². The molecule has 144 valence electrons. The van der Waals surface area contributed by atoms with Gasteiger partial charge in [0.05, 0.1) is 18.0 Å². The summed E-state index contributed by atoms with van der Waals surface area (Å²) in [7, 11) is 0. The van der Waals surface area contributed by atoms with Crippen molar-refractivity contribution in [2.75, 3.05) is 24.6 Å². The Morgan fingerprint density at radius 2 is 1.89 bits per heavy atom. The van der Waals surface area contributed by atoms with Crippen LogP contribution < -0.4 is 4.90 Å². The number of esters is 1. The lowest BCUT2D eigenvalue weighted by molar-refractivity contribution is -0.148. The molecule has 0 amide bonds. The Hall–Kier alpha value is -2.95. The SMILES string of the molecule is CCOC(=O)C1CCN(c2nc(-c3cccc(C)c3)nc3ccccc23)CC1. The van der Waals surface area contributed by atoms with E-state index in [9.17, 15) is 4.79 Å². The fourth-order valence-corrected chi connectivity index (χ4v) is 3.80. The van der Waals surface area contributed by atoms with Crippen molar-refractivity contribution in [2.24, 2.45) is 5.92 Å². The summed E-state index contributed by atoms with van der Waals surface area (Å²) in [5.74, 6) is 1.60. The lowest BCUT2D eigenvalue weighted by Gasteiger charge is -2.32. The largest absolute Gasteiger partial charge is 0.466 e. The molecule has 2 aromatic carbocycles. The van der Waals surface area contributed by atoms with Gasteiger partial charge in [-0.2, -0.15) is 0 Å². The maximum atomic E-state index is 12.1. The molecule has 4 rings (SSSR count). The summed E-state index contributed by atoms with van der Waals surface area (Å²) in [6, 6.07) is 16.4. The van der Waals surface area contributed by atoms with Crippen molar-refractivity contribution in [3.05, 3.63) is 54.1 Å². The molecular weight excluding hydrogens is 350 g/mol. The first kappa shape index (κ1) is 18.4. The van der Waals surface area contributed by atoms with Gasteiger partial charge in [-0.25, -0.2) is 9.97 Å². The molecule has 1 saturated heterocycles. The Morgan fingerprint density at radius 3 is 2.64 bits per heavy atom. The van der Waals surface area contributed by atoms with Gasteiger partial charge in [0.15, 0.2) is 5.82 Å². The Labute approximate surface area is 165 Å². The Balaban J connectivity index is 1.68. The molecular formula is C23H25N3O2. The Morgan fingerprint density at radius 1 is 1.11 bits per heavy atom. The molecule has 0 saturated carbocycles. The zero-order valence-corrected chi connectivity index (χ0v) is 16.4. The summed E-state index contributed by atoms with van der Waals surface area (Å²) in [5.41, 5.74) is 3.15. The monoisotopic (exact) mass is 375 g/mol. The first-order valence-electron chi connectivity index (χ1n) is 9.91. The van der Waals surface area contributed by atoms with Crippen molar-refractivity contribution >= 4 is 22.7 Å². The molecule has 0 unspecified atom stereocenters. The fourth-order valence-electron chi connectivity index (χ4n) is 3.80. The van der Waals surface area contributed by atoms with Crippen LogP contribution in [0.15, 0.2) is 48.5 Å². The van der Waals surface area contributed by atoms with Crippen LogP contribution in [0.3, 0.4) is 0 Å². The number of carbonyl (C=O) groups excluding carboxylic acids is 1. The van der Waals surface area contributed by atoms with Crippen LogP contribution in [0.1, 0.15) is 25.3 Å². The summed E-state index contributed by atoms with van der Waals surface area (Å²) < 4.78 is 5.20. The van der Waals surface area contributed by atoms with Crippen LogP contribution in [-0.4, -0.2) is 35.6 Å². The fraction of sp³-hybridized carbons (Fsp3) is 0.348. The minimum absolute atomic E-state index is 0.0134. The first-order valence-corrected chi connectivity index (χ1v) is 9.91. The van der Waals surface area contributed by atoms with Gasteiger partial charge in [-0.1, -0.05) is 35.9 Å². The molecule has 28 heavy (non-hydrogen) atoms. The van der Waals surface area contributed by atoms with Crippen molar-refractivity contribution in [3.63, 3.8) is 0 Å². The first-order chi connectivity index (χ1) is 13.7. The topological polar surface area (TPSA) is 55.3 Å². The molecule has 1 aliphatic heterocycles. The number of aryl methyl sites for hydroxylation is 1. The quantitative estimate of drug-likeness (QED) is 0.633.